The number of carbonyl (C=O) groups is 1. The van der Waals surface area contributed by atoms with E-state index in [2.05, 4.69) is 37.1 Å². The van der Waals surface area contributed by atoms with E-state index < -0.39 is 17.6 Å². The number of carbonyl (C=O) groups excluding carboxylic acids is 1. The van der Waals surface area contributed by atoms with Gasteiger partial charge in [-0.15, -0.1) is 12.4 Å². The van der Waals surface area contributed by atoms with Crippen molar-refractivity contribution in [2.45, 2.75) is 19.6 Å². The average molecular weight is 599 g/mol. The number of piperazine rings is 1. The van der Waals surface area contributed by atoms with E-state index in [1.54, 1.807) is 29.9 Å². The first-order valence-corrected chi connectivity index (χ1v) is 13.0. The first-order valence-electron chi connectivity index (χ1n) is 13.0. The lowest BCUT2D eigenvalue weighted by atomic mass is 10.0. The van der Waals surface area contributed by atoms with Crippen LogP contribution in [0.15, 0.2) is 42.7 Å². The van der Waals surface area contributed by atoms with Gasteiger partial charge in [0.25, 0.3) is 5.91 Å². The number of nitrogens with one attached hydrogen (secondary N) is 1. The van der Waals surface area contributed by atoms with Gasteiger partial charge in [-0.05, 0) is 55.3 Å². The summed E-state index contributed by atoms with van der Waals surface area (Å²) < 4.78 is 43.5. The fourth-order valence-electron chi connectivity index (χ4n) is 4.73. The van der Waals surface area contributed by atoms with E-state index >= 15 is 0 Å². The number of aromatic nitrogens is 4. The molecular formula is C29H30ClF3N8O. The number of nitrogens with two attached hydrogens (primary N) is 1. The molecule has 1 amide bonds. The number of nitrogen functional groups attached to an aromatic ring is 1. The Kier molecular flexibility index (Phi) is 9.06. The molecular weight excluding hydrogens is 569 g/mol. The molecule has 0 spiro atoms. The lowest BCUT2D eigenvalue weighted by molar-refractivity contribution is -0.138. The fourth-order valence-corrected chi connectivity index (χ4v) is 4.73. The predicted molar refractivity (Wildman–Crippen MR) is 157 cm³/mol. The topological polar surface area (TPSA) is 105 Å². The quantitative estimate of drug-likeness (QED) is 0.341. The molecule has 4 aromatic rings. The normalized spacial score (nSPS) is 14.2. The molecule has 0 saturated carbocycles. The SMILES string of the molecule is Cc1ccc(C(=O)Nc2ccc(CN3CCN(C)CC3)c(C(F)(F)F)c2)cc1C#Cc1nn(C)c2ncnc(N)c12.Cl. The molecule has 13 heteroatoms. The minimum Gasteiger partial charge on any atom is -0.383 e. The van der Waals surface area contributed by atoms with Crippen molar-refractivity contribution in [1.29, 1.82) is 0 Å². The summed E-state index contributed by atoms with van der Waals surface area (Å²) in [6.45, 7) is 5.04. The van der Waals surface area contributed by atoms with E-state index in [4.69, 9.17) is 5.73 Å². The molecule has 220 valence electrons. The number of anilines is 2. The number of amides is 1. The van der Waals surface area contributed by atoms with Crippen molar-refractivity contribution in [1.82, 2.24) is 29.5 Å². The standard InChI is InChI=1S/C29H29F3N8O.ClH/c1-18-4-5-20(14-19(18)7-9-24-25-26(33)34-17-35-27(25)39(3)37-24)28(41)36-22-8-6-21(23(15-22)29(30,31)32)16-40-12-10-38(2)11-13-40;/h4-6,8,14-15,17H,10-13,16H2,1-3H3,(H,36,41)(H2,33,34,35);1H. The van der Waals surface area contributed by atoms with Crippen LogP contribution in [-0.2, 0) is 19.8 Å². The number of alkyl halides is 3. The number of likely N-dealkylation sites (N-methyl/N-ethyl adjacent to an activating group) is 1. The molecule has 42 heavy (non-hydrogen) atoms. The van der Waals surface area contributed by atoms with Crippen molar-refractivity contribution in [3.8, 4) is 11.8 Å². The number of hydrogen-bond donors (Lipinski definition) is 2. The highest BCUT2D eigenvalue weighted by Crippen LogP contribution is 2.35. The molecule has 1 aliphatic heterocycles. The van der Waals surface area contributed by atoms with E-state index in [1.165, 1.54) is 18.5 Å². The van der Waals surface area contributed by atoms with E-state index in [0.29, 0.717) is 35.4 Å². The first-order chi connectivity index (χ1) is 19.5. The number of hydrogen-bond acceptors (Lipinski definition) is 7. The minimum atomic E-state index is -4.56. The maximum Gasteiger partial charge on any atom is 0.416 e. The van der Waals surface area contributed by atoms with Crippen molar-refractivity contribution in [2.75, 3.05) is 44.3 Å². The third-order valence-corrected chi connectivity index (χ3v) is 7.13. The van der Waals surface area contributed by atoms with Gasteiger partial charge in [0.05, 0.1) is 10.9 Å². The second kappa shape index (κ2) is 12.4. The summed E-state index contributed by atoms with van der Waals surface area (Å²) >= 11 is 0. The monoisotopic (exact) mass is 598 g/mol. The number of halogens is 4. The van der Waals surface area contributed by atoms with E-state index in [-0.39, 0.29) is 41.6 Å². The molecule has 0 radical (unpaired) electrons. The van der Waals surface area contributed by atoms with Gasteiger partial charge in [0.15, 0.2) is 5.65 Å². The Morgan fingerprint density at radius 3 is 2.50 bits per heavy atom. The molecule has 2 aromatic heterocycles. The molecule has 0 atom stereocenters. The third kappa shape index (κ3) is 6.65. The van der Waals surface area contributed by atoms with E-state index in [0.717, 1.165) is 24.7 Å². The Balaban J connectivity index is 0.00000405. The molecule has 0 unspecified atom stereocenters. The Morgan fingerprint density at radius 1 is 1.05 bits per heavy atom. The number of fused-ring (bicyclic) bond motifs is 1. The van der Waals surface area contributed by atoms with Crippen molar-refractivity contribution in [3.63, 3.8) is 0 Å². The Bertz CT molecular complexity index is 1680. The number of benzene rings is 2. The van der Waals surface area contributed by atoms with Crippen LogP contribution in [-0.4, -0.2) is 68.7 Å². The van der Waals surface area contributed by atoms with Crippen molar-refractivity contribution < 1.29 is 18.0 Å². The summed E-state index contributed by atoms with van der Waals surface area (Å²) in [4.78, 5) is 25.4. The summed E-state index contributed by atoms with van der Waals surface area (Å²) in [6.07, 6.45) is -3.21. The van der Waals surface area contributed by atoms with Gasteiger partial charge in [0, 0.05) is 56.6 Å². The van der Waals surface area contributed by atoms with Gasteiger partial charge in [-0.25, -0.2) is 14.6 Å². The zero-order chi connectivity index (χ0) is 29.3. The Hall–Kier alpha value is -4.18. The van der Waals surface area contributed by atoms with Gasteiger partial charge in [-0.1, -0.05) is 18.1 Å². The molecule has 0 aliphatic carbocycles. The van der Waals surface area contributed by atoms with Crippen LogP contribution in [0, 0.1) is 18.8 Å². The maximum absolute atomic E-state index is 14.0. The van der Waals surface area contributed by atoms with Gasteiger partial charge in [0.2, 0.25) is 0 Å². The average Bonchev–Trinajstić information content (AvgIpc) is 3.26. The molecule has 3 heterocycles. The van der Waals surface area contributed by atoms with Crippen molar-refractivity contribution >= 4 is 40.9 Å². The van der Waals surface area contributed by atoms with Crippen molar-refractivity contribution in [2.24, 2.45) is 7.05 Å². The highest BCUT2D eigenvalue weighted by atomic mass is 35.5. The highest BCUT2D eigenvalue weighted by Gasteiger charge is 2.34. The van der Waals surface area contributed by atoms with Crippen LogP contribution < -0.4 is 11.1 Å². The van der Waals surface area contributed by atoms with Crippen LogP contribution >= 0.6 is 12.4 Å². The fraction of sp³-hybridized carbons (Fsp3) is 0.310. The zero-order valence-corrected chi connectivity index (χ0v) is 24.1. The molecule has 2 aromatic carbocycles. The highest BCUT2D eigenvalue weighted by molar-refractivity contribution is 6.04. The zero-order valence-electron chi connectivity index (χ0n) is 23.3. The lowest BCUT2D eigenvalue weighted by Gasteiger charge is -2.33. The number of aryl methyl sites for hydroxylation is 2. The minimum absolute atomic E-state index is 0. The van der Waals surface area contributed by atoms with Gasteiger partial charge in [-0.2, -0.15) is 18.3 Å². The largest absolute Gasteiger partial charge is 0.416 e. The van der Waals surface area contributed by atoms with Gasteiger partial charge < -0.3 is 16.0 Å². The first kappa shape index (κ1) is 30.8. The van der Waals surface area contributed by atoms with Gasteiger partial charge >= 0.3 is 6.18 Å². The summed E-state index contributed by atoms with van der Waals surface area (Å²) in [6, 6.07) is 8.87. The summed E-state index contributed by atoms with van der Waals surface area (Å²) in [7, 11) is 3.72. The number of rotatable bonds is 4. The van der Waals surface area contributed by atoms with Crippen LogP contribution in [0.2, 0.25) is 0 Å². The summed E-state index contributed by atoms with van der Waals surface area (Å²) in [5, 5.41) is 7.51. The number of nitrogens with zero attached hydrogens (tertiary/aromatic N) is 6. The van der Waals surface area contributed by atoms with Crippen LogP contribution in [0.3, 0.4) is 0 Å². The van der Waals surface area contributed by atoms with Gasteiger partial charge in [0.1, 0.15) is 17.8 Å². The second-order valence-corrected chi connectivity index (χ2v) is 10.1. The molecule has 3 N–H and O–H groups in total. The van der Waals surface area contributed by atoms with Crippen LogP contribution in [0.4, 0.5) is 24.7 Å². The molecule has 9 nitrogen and oxygen atoms in total. The smallest absolute Gasteiger partial charge is 0.383 e. The molecule has 0 bridgehead atoms. The van der Waals surface area contributed by atoms with E-state index in [1.807, 2.05) is 18.9 Å². The predicted octanol–water partition coefficient (Wildman–Crippen LogP) is 4.09. The second-order valence-electron chi connectivity index (χ2n) is 10.1. The van der Waals surface area contributed by atoms with Gasteiger partial charge in [-0.3, -0.25) is 9.69 Å². The Morgan fingerprint density at radius 2 is 1.79 bits per heavy atom. The van der Waals surface area contributed by atoms with Crippen LogP contribution in [0.25, 0.3) is 11.0 Å². The molecule has 1 saturated heterocycles. The summed E-state index contributed by atoms with van der Waals surface area (Å²) in [5.41, 5.74) is 8.06. The third-order valence-electron chi connectivity index (χ3n) is 7.13. The van der Waals surface area contributed by atoms with Crippen LogP contribution in [0.1, 0.15) is 38.3 Å². The summed E-state index contributed by atoms with van der Waals surface area (Å²) in [5.74, 6) is 5.72. The Labute approximate surface area is 247 Å². The van der Waals surface area contributed by atoms with Crippen LogP contribution in [0.5, 0.6) is 0 Å². The molecule has 5 rings (SSSR count). The van der Waals surface area contributed by atoms with E-state index in [9.17, 15) is 18.0 Å². The molecule has 1 aliphatic rings. The molecule has 1 fully saturated rings. The van der Waals surface area contributed by atoms with Crippen molar-refractivity contribution in [3.05, 3.63) is 76.2 Å². The lowest BCUT2D eigenvalue weighted by Crippen LogP contribution is -2.44. The maximum atomic E-state index is 14.0.